The van der Waals surface area contributed by atoms with E-state index in [0.29, 0.717) is 6.54 Å². The minimum absolute atomic E-state index is 0.116. The van der Waals surface area contributed by atoms with Gasteiger partial charge in [-0.05, 0) is 54.3 Å². The first-order valence-electron chi connectivity index (χ1n) is 11.7. The number of hydrogen-bond acceptors (Lipinski definition) is 4. The molecule has 0 fully saturated rings. The minimum atomic E-state index is -3.91. The van der Waals surface area contributed by atoms with Crippen LogP contribution in [0.3, 0.4) is 0 Å². The van der Waals surface area contributed by atoms with Crippen LogP contribution in [0.2, 0.25) is 0 Å². The standard InChI is InChI=1S/C27H33N3O4S/c1-5-16-28-27(32)21(3)30(18-24-13-7-6-10-20(24)2)26(31)19-29(4)35(33,34)25-15-14-22-11-8-9-12-23(22)17-25/h6-15,17,21H,5,16,18-19H2,1-4H3,(H,28,32)/t21-/m1/s1. The Labute approximate surface area is 207 Å². The maximum absolute atomic E-state index is 13.4. The molecule has 0 saturated carbocycles. The highest BCUT2D eigenvalue weighted by Gasteiger charge is 2.30. The largest absolute Gasteiger partial charge is 0.354 e. The number of amides is 2. The Bertz CT molecular complexity index is 1310. The van der Waals surface area contributed by atoms with Crippen LogP contribution < -0.4 is 5.32 Å². The average molecular weight is 496 g/mol. The highest BCUT2D eigenvalue weighted by molar-refractivity contribution is 7.89. The van der Waals surface area contributed by atoms with Crippen LogP contribution in [0.1, 0.15) is 31.4 Å². The first-order chi connectivity index (χ1) is 16.6. The van der Waals surface area contributed by atoms with E-state index in [0.717, 1.165) is 32.6 Å². The van der Waals surface area contributed by atoms with E-state index in [2.05, 4.69) is 5.32 Å². The van der Waals surface area contributed by atoms with Gasteiger partial charge in [-0.25, -0.2) is 8.42 Å². The van der Waals surface area contributed by atoms with Gasteiger partial charge in [0.05, 0.1) is 11.4 Å². The fourth-order valence-corrected chi connectivity index (χ4v) is 4.98. The second kappa shape index (κ2) is 11.5. The van der Waals surface area contributed by atoms with Gasteiger partial charge < -0.3 is 10.2 Å². The summed E-state index contributed by atoms with van der Waals surface area (Å²) in [5.41, 5.74) is 1.89. The van der Waals surface area contributed by atoms with Gasteiger partial charge in [0, 0.05) is 20.1 Å². The van der Waals surface area contributed by atoms with Crippen molar-refractivity contribution < 1.29 is 18.0 Å². The first-order valence-corrected chi connectivity index (χ1v) is 13.2. The van der Waals surface area contributed by atoms with Gasteiger partial charge in [-0.15, -0.1) is 0 Å². The van der Waals surface area contributed by atoms with Crippen LogP contribution in [-0.2, 0) is 26.2 Å². The number of sulfonamides is 1. The lowest BCUT2D eigenvalue weighted by atomic mass is 10.1. The molecule has 0 heterocycles. The fraction of sp³-hybridized carbons (Fsp3) is 0.333. The summed E-state index contributed by atoms with van der Waals surface area (Å²) in [6, 6.07) is 19.3. The summed E-state index contributed by atoms with van der Waals surface area (Å²) in [4.78, 5) is 27.7. The second-order valence-corrected chi connectivity index (χ2v) is 10.7. The Morgan fingerprint density at radius 3 is 2.31 bits per heavy atom. The van der Waals surface area contributed by atoms with Crippen molar-refractivity contribution in [1.82, 2.24) is 14.5 Å². The molecule has 0 aliphatic heterocycles. The van der Waals surface area contributed by atoms with E-state index < -0.39 is 22.0 Å². The minimum Gasteiger partial charge on any atom is -0.354 e. The zero-order valence-corrected chi connectivity index (χ0v) is 21.5. The molecule has 1 atom stereocenters. The molecule has 8 heteroatoms. The molecular formula is C27H33N3O4S. The summed E-state index contributed by atoms with van der Waals surface area (Å²) < 4.78 is 27.6. The number of hydrogen-bond donors (Lipinski definition) is 1. The highest BCUT2D eigenvalue weighted by Crippen LogP contribution is 2.22. The number of nitrogens with one attached hydrogen (secondary N) is 1. The zero-order valence-electron chi connectivity index (χ0n) is 20.7. The number of nitrogens with zero attached hydrogens (tertiary/aromatic N) is 2. The molecule has 186 valence electrons. The van der Waals surface area contributed by atoms with E-state index in [1.807, 2.05) is 62.4 Å². The lowest BCUT2D eigenvalue weighted by Gasteiger charge is -2.30. The molecule has 7 nitrogen and oxygen atoms in total. The van der Waals surface area contributed by atoms with Crippen molar-refractivity contribution >= 4 is 32.6 Å². The first kappa shape index (κ1) is 26.4. The Balaban J connectivity index is 1.85. The molecule has 0 radical (unpaired) electrons. The Hall–Kier alpha value is -3.23. The Morgan fingerprint density at radius 2 is 1.63 bits per heavy atom. The lowest BCUT2D eigenvalue weighted by molar-refractivity contribution is -0.140. The maximum Gasteiger partial charge on any atom is 0.243 e. The maximum atomic E-state index is 13.4. The molecule has 3 rings (SSSR count). The predicted molar refractivity (Wildman–Crippen MR) is 138 cm³/mol. The molecule has 3 aromatic rings. The summed E-state index contributed by atoms with van der Waals surface area (Å²) in [5, 5.41) is 4.56. The molecule has 35 heavy (non-hydrogen) atoms. The smallest absolute Gasteiger partial charge is 0.243 e. The number of rotatable bonds is 10. The molecule has 0 aliphatic rings. The van der Waals surface area contributed by atoms with Crippen molar-refractivity contribution in [2.75, 3.05) is 20.1 Å². The molecule has 0 bridgehead atoms. The van der Waals surface area contributed by atoms with Gasteiger partial charge in [0.2, 0.25) is 21.8 Å². The van der Waals surface area contributed by atoms with Crippen LogP contribution in [-0.4, -0.2) is 55.6 Å². The number of carbonyl (C=O) groups is 2. The molecule has 0 aromatic heterocycles. The molecule has 2 amide bonds. The fourth-order valence-electron chi connectivity index (χ4n) is 3.82. The lowest BCUT2D eigenvalue weighted by Crippen LogP contribution is -2.50. The van der Waals surface area contributed by atoms with Gasteiger partial charge in [-0.1, -0.05) is 61.5 Å². The van der Waals surface area contributed by atoms with Crippen LogP contribution in [0, 0.1) is 6.92 Å². The molecule has 0 saturated heterocycles. The van der Waals surface area contributed by atoms with Crippen LogP contribution in [0.25, 0.3) is 10.8 Å². The van der Waals surface area contributed by atoms with Gasteiger partial charge >= 0.3 is 0 Å². The third-order valence-corrected chi connectivity index (χ3v) is 7.90. The van der Waals surface area contributed by atoms with Gasteiger partial charge in [0.25, 0.3) is 0 Å². The predicted octanol–water partition coefficient (Wildman–Crippen LogP) is 3.71. The normalized spacial score (nSPS) is 12.5. The number of likely N-dealkylation sites (N-methyl/N-ethyl adjacent to an activating group) is 1. The van der Waals surface area contributed by atoms with Crippen LogP contribution in [0.4, 0.5) is 0 Å². The molecule has 0 unspecified atom stereocenters. The van der Waals surface area contributed by atoms with Gasteiger partial charge in [0.15, 0.2) is 0 Å². The van der Waals surface area contributed by atoms with Crippen LogP contribution in [0.5, 0.6) is 0 Å². The summed E-state index contributed by atoms with van der Waals surface area (Å²) in [5.74, 6) is -0.715. The highest BCUT2D eigenvalue weighted by atomic mass is 32.2. The van der Waals surface area contributed by atoms with Crippen LogP contribution in [0.15, 0.2) is 71.6 Å². The van der Waals surface area contributed by atoms with Crippen molar-refractivity contribution in [3.63, 3.8) is 0 Å². The van der Waals surface area contributed by atoms with E-state index in [4.69, 9.17) is 0 Å². The molecule has 0 aliphatic carbocycles. The van der Waals surface area contributed by atoms with Crippen molar-refractivity contribution in [3.05, 3.63) is 77.9 Å². The Kier molecular flexibility index (Phi) is 8.64. The van der Waals surface area contributed by atoms with E-state index >= 15 is 0 Å². The van der Waals surface area contributed by atoms with Crippen molar-refractivity contribution in [1.29, 1.82) is 0 Å². The molecule has 0 spiro atoms. The number of aryl methyl sites for hydroxylation is 1. The van der Waals surface area contributed by atoms with Gasteiger partial charge in [-0.2, -0.15) is 4.31 Å². The molecule has 1 N–H and O–H groups in total. The summed E-state index contributed by atoms with van der Waals surface area (Å²) in [6.07, 6.45) is 0.775. The van der Waals surface area contributed by atoms with Crippen molar-refractivity contribution in [2.24, 2.45) is 0 Å². The summed E-state index contributed by atoms with van der Waals surface area (Å²) in [7, 11) is -2.53. The van der Waals surface area contributed by atoms with Gasteiger partial charge in [-0.3, -0.25) is 9.59 Å². The number of benzene rings is 3. The SMILES string of the molecule is CCCNC(=O)[C@@H](C)N(Cc1ccccc1C)C(=O)CN(C)S(=O)(=O)c1ccc2ccccc2c1. The Morgan fingerprint density at radius 1 is 0.971 bits per heavy atom. The monoisotopic (exact) mass is 495 g/mol. The number of fused-ring (bicyclic) bond motifs is 1. The summed E-state index contributed by atoms with van der Waals surface area (Å²) in [6.45, 7) is 5.89. The second-order valence-electron chi connectivity index (χ2n) is 8.69. The van der Waals surface area contributed by atoms with Crippen LogP contribution >= 0.6 is 0 Å². The average Bonchev–Trinajstić information content (AvgIpc) is 2.85. The van der Waals surface area contributed by atoms with E-state index in [1.165, 1.54) is 11.9 Å². The zero-order chi connectivity index (χ0) is 25.6. The topological polar surface area (TPSA) is 86.8 Å². The summed E-state index contributed by atoms with van der Waals surface area (Å²) >= 11 is 0. The van der Waals surface area contributed by atoms with E-state index in [1.54, 1.807) is 25.1 Å². The third-order valence-electron chi connectivity index (χ3n) is 6.11. The van der Waals surface area contributed by atoms with E-state index in [-0.39, 0.29) is 23.9 Å². The van der Waals surface area contributed by atoms with Crippen molar-refractivity contribution in [2.45, 2.75) is 44.7 Å². The third kappa shape index (κ3) is 6.26. The number of carbonyl (C=O) groups excluding carboxylic acids is 2. The van der Waals surface area contributed by atoms with Gasteiger partial charge in [0.1, 0.15) is 6.04 Å². The molecular weight excluding hydrogens is 462 g/mol. The van der Waals surface area contributed by atoms with E-state index in [9.17, 15) is 18.0 Å². The van der Waals surface area contributed by atoms with Crippen molar-refractivity contribution in [3.8, 4) is 0 Å². The molecule has 3 aromatic carbocycles. The quantitative estimate of drug-likeness (QED) is 0.465.